The van der Waals surface area contributed by atoms with Crippen molar-refractivity contribution in [2.75, 3.05) is 13.1 Å². The fourth-order valence-electron chi connectivity index (χ4n) is 6.26. The minimum Gasteiger partial charge on any atom is -0.354 e. The second-order valence-electron chi connectivity index (χ2n) is 9.34. The van der Waals surface area contributed by atoms with Crippen LogP contribution in [-0.2, 0) is 9.59 Å². The van der Waals surface area contributed by atoms with Crippen molar-refractivity contribution in [3.05, 3.63) is 40.6 Å². The Bertz CT molecular complexity index is 892. The van der Waals surface area contributed by atoms with E-state index in [1.165, 1.54) is 36.3 Å². The molecule has 4 bridgehead atoms. The summed E-state index contributed by atoms with van der Waals surface area (Å²) in [6.45, 7) is 0.450. The fourth-order valence-corrected chi connectivity index (χ4v) is 7.13. The molecule has 6 rings (SSSR count). The molecule has 0 spiro atoms. The van der Waals surface area contributed by atoms with Gasteiger partial charge in [0.15, 0.2) is 0 Å². The molecule has 0 radical (unpaired) electrons. The van der Waals surface area contributed by atoms with Gasteiger partial charge in [0.05, 0.1) is 4.91 Å². The van der Waals surface area contributed by atoms with Crippen LogP contribution in [0.5, 0.6) is 0 Å². The maximum atomic E-state index is 13.1. The number of imide groups is 1. The third kappa shape index (κ3) is 3.57. The molecule has 4 saturated carbocycles. The first-order valence-electron chi connectivity index (χ1n) is 10.7. The lowest BCUT2D eigenvalue weighted by Crippen LogP contribution is -2.54. The molecule has 1 aromatic carbocycles. The van der Waals surface area contributed by atoms with Gasteiger partial charge in [-0.3, -0.25) is 19.3 Å². The molecule has 1 N–H and O–H groups in total. The number of carbonyl (C=O) groups is 3. The Morgan fingerprint density at radius 3 is 2.30 bits per heavy atom. The molecule has 5 aliphatic rings. The van der Waals surface area contributed by atoms with Crippen LogP contribution in [0, 0.1) is 29.0 Å². The second-order valence-corrected chi connectivity index (χ2v) is 10.3. The van der Waals surface area contributed by atoms with Gasteiger partial charge in [-0.2, -0.15) is 0 Å². The van der Waals surface area contributed by atoms with Gasteiger partial charge in [-0.25, -0.2) is 4.39 Å². The molecule has 5 nitrogen and oxygen atoms in total. The van der Waals surface area contributed by atoms with Crippen molar-refractivity contribution in [2.24, 2.45) is 23.2 Å². The maximum absolute atomic E-state index is 13.1. The molecule has 5 fully saturated rings. The number of amides is 3. The quantitative estimate of drug-likeness (QED) is 0.714. The van der Waals surface area contributed by atoms with Crippen LogP contribution < -0.4 is 5.32 Å². The van der Waals surface area contributed by atoms with Crippen LogP contribution in [0.2, 0.25) is 0 Å². The van der Waals surface area contributed by atoms with Gasteiger partial charge in [-0.1, -0.05) is 12.1 Å². The third-order valence-corrected chi connectivity index (χ3v) is 8.09. The average Bonchev–Trinajstić information content (AvgIpc) is 2.96. The van der Waals surface area contributed by atoms with E-state index in [1.807, 2.05) is 0 Å². The Hall–Kier alpha value is -2.15. The van der Waals surface area contributed by atoms with Crippen molar-refractivity contribution in [3.63, 3.8) is 0 Å². The predicted octanol–water partition coefficient (Wildman–Crippen LogP) is 4.19. The van der Waals surface area contributed by atoms with Crippen LogP contribution in [0.15, 0.2) is 29.2 Å². The van der Waals surface area contributed by atoms with E-state index in [0.717, 1.165) is 31.0 Å². The van der Waals surface area contributed by atoms with Gasteiger partial charge in [-0.15, -0.1) is 0 Å². The number of thioether (sulfide) groups is 1. The van der Waals surface area contributed by atoms with E-state index in [0.29, 0.717) is 28.2 Å². The summed E-state index contributed by atoms with van der Waals surface area (Å²) in [5.74, 6) is 1.47. The second kappa shape index (κ2) is 7.52. The van der Waals surface area contributed by atoms with E-state index in [9.17, 15) is 18.8 Å². The van der Waals surface area contributed by atoms with Gasteiger partial charge in [0.25, 0.3) is 11.1 Å². The molecule has 30 heavy (non-hydrogen) atoms. The highest BCUT2D eigenvalue weighted by atomic mass is 32.2. The number of nitrogens with one attached hydrogen (secondary N) is 1. The van der Waals surface area contributed by atoms with Crippen LogP contribution >= 0.6 is 11.8 Å². The van der Waals surface area contributed by atoms with Crippen molar-refractivity contribution in [1.29, 1.82) is 0 Å². The van der Waals surface area contributed by atoms with E-state index in [-0.39, 0.29) is 41.4 Å². The summed E-state index contributed by atoms with van der Waals surface area (Å²) in [5.41, 5.74) is 0.438. The van der Waals surface area contributed by atoms with Gasteiger partial charge in [0.1, 0.15) is 5.82 Å². The fraction of sp³-hybridized carbons (Fsp3) is 0.522. The van der Waals surface area contributed by atoms with Crippen molar-refractivity contribution < 1.29 is 18.8 Å². The summed E-state index contributed by atoms with van der Waals surface area (Å²) in [6.07, 6.45) is 8.42. The molecule has 0 unspecified atom stereocenters. The Balaban J connectivity index is 1.19. The number of halogens is 1. The largest absolute Gasteiger partial charge is 0.354 e. The van der Waals surface area contributed by atoms with Gasteiger partial charge < -0.3 is 5.32 Å². The summed E-state index contributed by atoms with van der Waals surface area (Å²) in [4.78, 5) is 39.4. The van der Waals surface area contributed by atoms with Crippen LogP contribution in [-0.4, -0.2) is 35.0 Å². The maximum Gasteiger partial charge on any atom is 0.293 e. The molecule has 0 aromatic heterocycles. The van der Waals surface area contributed by atoms with Crippen molar-refractivity contribution >= 4 is 34.9 Å². The lowest BCUT2D eigenvalue weighted by molar-refractivity contribution is -0.146. The Labute approximate surface area is 179 Å². The SMILES string of the molecule is O=C1S/C(=C\c2ccc(F)cc2)C(=O)N1CCNC(=O)C12CC3CC(CC(C3)C1)C2. The standard InChI is InChI=1S/C23H25FN2O3S/c24-18-3-1-14(2-4-18)10-19-20(27)26(22(29)30-19)6-5-25-21(28)23-11-15-7-16(12-23)9-17(8-15)13-23/h1-4,10,15-17H,5-9,11-13H2,(H,25,28)/b19-10-. The van der Waals surface area contributed by atoms with Gasteiger partial charge in [-0.05, 0) is 91.8 Å². The van der Waals surface area contributed by atoms with Crippen molar-refractivity contribution in [3.8, 4) is 0 Å². The predicted molar refractivity (Wildman–Crippen MR) is 113 cm³/mol. The first kappa shape index (κ1) is 19.8. The molecule has 1 aliphatic heterocycles. The third-order valence-electron chi connectivity index (χ3n) is 7.18. The minimum absolute atomic E-state index is 0.107. The zero-order valence-electron chi connectivity index (χ0n) is 16.7. The number of rotatable bonds is 5. The molecule has 0 atom stereocenters. The molecule has 7 heteroatoms. The van der Waals surface area contributed by atoms with Gasteiger partial charge >= 0.3 is 0 Å². The zero-order chi connectivity index (χ0) is 20.9. The van der Waals surface area contributed by atoms with Crippen molar-refractivity contribution in [2.45, 2.75) is 38.5 Å². The van der Waals surface area contributed by atoms with E-state index >= 15 is 0 Å². The molecule has 1 saturated heterocycles. The molecule has 3 amide bonds. The van der Waals surface area contributed by atoms with Gasteiger partial charge in [0, 0.05) is 18.5 Å². The van der Waals surface area contributed by atoms with Crippen LogP contribution in [0.1, 0.15) is 44.1 Å². The number of hydrogen-bond donors (Lipinski definition) is 1. The Morgan fingerprint density at radius 2 is 1.70 bits per heavy atom. The summed E-state index contributed by atoms with van der Waals surface area (Å²) >= 11 is 0.879. The van der Waals surface area contributed by atoms with E-state index in [1.54, 1.807) is 18.2 Å². The summed E-state index contributed by atoms with van der Waals surface area (Å²) in [5, 5.41) is 2.69. The monoisotopic (exact) mass is 428 g/mol. The number of nitrogens with zero attached hydrogens (tertiary/aromatic N) is 1. The highest BCUT2D eigenvalue weighted by molar-refractivity contribution is 8.18. The first-order chi connectivity index (χ1) is 14.4. The number of hydrogen-bond acceptors (Lipinski definition) is 4. The van der Waals surface area contributed by atoms with E-state index < -0.39 is 0 Å². The van der Waals surface area contributed by atoms with Crippen LogP contribution in [0.25, 0.3) is 6.08 Å². The van der Waals surface area contributed by atoms with Crippen LogP contribution in [0.3, 0.4) is 0 Å². The van der Waals surface area contributed by atoms with Crippen LogP contribution in [0.4, 0.5) is 9.18 Å². The van der Waals surface area contributed by atoms with Gasteiger partial charge in [0.2, 0.25) is 5.91 Å². The minimum atomic E-state index is -0.363. The molecular formula is C23H25FN2O3S. The molecule has 1 heterocycles. The first-order valence-corrected chi connectivity index (χ1v) is 11.5. The van der Waals surface area contributed by atoms with E-state index in [4.69, 9.17) is 0 Å². The van der Waals surface area contributed by atoms with Crippen molar-refractivity contribution in [1.82, 2.24) is 10.2 Å². The Morgan fingerprint density at radius 1 is 1.10 bits per heavy atom. The highest BCUT2D eigenvalue weighted by Gasteiger charge is 2.54. The molecule has 4 aliphatic carbocycles. The highest BCUT2D eigenvalue weighted by Crippen LogP contribution is 2.60. The lowest BCUT2D eigenvalue weighted by Gasteiger charge is -2.55. The Kier molecular flexibility index (Phi) is 4.96. The topological polar surface area (TPSA) is 66.5 Å². The molecule has 158 valence electrons. The average molecular weight is 429 g/mol. The smallest absolute Gasteiger partial charge is 0.293 e. The normalized spacial score (nSPS) is 33.6. The zero-order valence-corrected chi connectivity index (χ0v) is 17.6. The molecular weight excluding hydrogens is 403 g/mol. The number of carbonyl (C=O) groups excluding carboxylic acids is 3. The van der Waals surface area contributed by atoms with E-state index in [2.05, 4.69) is 5.32 Å². The lowest BCUT2D eigenvalue weighted by atomic mass is 9.49. The summed E-state index contributed by atoms with van der Waals surface area (Å²) in [6, 6.07) is 5.76. The summed E-state index contributed by atoms with van der Waals surface area (Å²) < 4.78 is 13.1. The molecule has 1 aromatic rings. The summed E-state index contributed by atoms with van der Waals surface area (Å²) in [7, 11) is 0. The number of benzene rings is 1.